The predicted octanol–water partition coefficient (Wildman–Crippen LogP) is 3.69. The van der Waals surface area contributed by atoms with Gasteiger partial charge < -0.3 is 5.32 Å². The molecule has 0 aromatic carbocycles. The van der Waals surface area contributed by atoms with Crippen LogP contribution in [0.2, 0.25) is 0 Å². The van der Waals surface area contributed by atoms with Crippen LogP contribution in [-0.2, 0) is 0 Å². The van der Waals surface area contributed by atoms with Gasteiger partial charge in [0.15, 0.2) is 0 Å². The van der Waals surface area contributed by atoms with Gasteiger partial charge in [-0.05, 0) is 23.8 Å². The van der Waals surface area contributed by atoms with Gasteiger partial charge >= 0.3 is 0 Å². The van der Waals surface area contributed by atoms with Crippen LogP contribution >= 0.6 is 0 Å². The third kappa shape index (κ3) is 4.99. The molecule has 0 amide bonds. The van der Waals surface area contributed by atoms with Crippen molar-refractivity contribution >= 4 is 0 Å². The molecule has 0 aromatic rings. The summed E-state index contributed by atoms with van der Waals surface area (Å²) in [5.74, 6) is 1.61. The van der Waals surface area contributed by atoms with E-state index in [9.17, 15) is 0 Å². The standard InChI is InChI=1S/C13H29N/c1-7-12(8-2)13(5,6)10-14-9-11(3)4/h11-12,14H,7-10H2,1-6H3. The smallest absolute Gasteiger partial charge is 0.000528 e. The Balaban J connectivity index is 3.92. The molecule has 0 aliphatic heterocycles. The van der Waals surface area contributed by atoms with Crippen LogP contribution in [0.4, 0.5) is 0 Å². The minimum absolute atomic E-state index is 0.443. The highest BCUT2D eigenvalue weighted by molar-refractivity contribution is 4.79. The maximum atomic E-state index is 3.57. The fourth-order valence-corrected chi connectivity index (χ4v) is 2.22. The summed E-state index contributed by atoms with van der Waals surface area (Å²) in [7, 11) is 0. The lowest BCUT2D eigenvalue weighted by Crippen LogP contribution is -2.36. The van der Waals surface area contributed by atoms with Gasteiger partial charge in [-0.2, -0.15) is 0 Å². The molecule has 1 N–H and O–H groups in total. The molecule has 0 spiro atoms. The van der Waals surface area contributed by atoms with Crippen molar-refractivity contribution in [2.75, 3.05) is 13.1 Å². The summed E-state index contributed by atoms with van der Waals surface area (Å²) >= 11 is 0. The van der Waals surface area contributed by atoms with Crippen molar-refractivity contribution in [1.82, 2.24) is 5.32 Å². The second-order valence-corrected chi connectivity index (χ2v) is 5.53. The molecule has 0 saturated carbocycles. The second-order valence-electron chi connectivity index (χ2n) is 5.53. The molecule has 86 valence electrons. The minimum atomic E-state index is 0.443. The van der Waals surface area contributed by atoms with E-state index < -0.39 is 0 Å². The molecule has 0 heterocycles. The van der Waals surface area contributed by atoms with E-state index in [2.05, 4.69) is 46.9 Å². The fourth-order valence-electron chi connectivity index (χ4n) is 2.22. The van der Waals surface area contributed by atoms with Crippen LogP contribution in [-0.4, -0.2) is 13.1 Å². The quantitative estimate of drug-likeness (QED) is 0.659. The average Bonchev–Trinajstić information content (AvgIpc) is 2.04. The molecule has 1 nitrogen and oxygen atoms in total. The summed E-state index contributed by atoms with van der Waals surface area (Å²) in [6.45, 7) is 16.2. The van der Waals surface area contributed by atoms with E-state index in [-0.39, 0.29) is 0 Å². The molecule has 0 radical (unpaired) electrons. The van der Waals surface area contributed by atoms with Crippen LogP contribution in [0.15, 0.2) is 0 Å². The minimum Gasteiger partial charge on any atom is -0.316 e. The van der Waals surface area contributed by atoms with Gasteiger partial charge in [0.1, 0.15) is 0 Å². The van der Waals surface area contributed by atoms with Crippen LogP contribution in [0.5, 0.6) is 0 Å². The second kappa shape index (κ2) is 6.44. The van der Waals surface area contributed by atoms with E-state index in [4.69, 9.17) is 0 Å². The Hall–Kier alpha value is -0.0400. The van der Waals surface area contributed by atoms with Crippen LogP contribution in [0.25, 0.3) is 0 Å². The number of nitrogens with one attached hydrogen (secondary N) is 1. The number of hydrogen-bond acceptors (Lipinski definition) is 1. The van der Waals surface area contributed by atoms with Crippen LogP contribution in [0.3, 0.4) is 0 Å². The average molecular weight is 199 g/mol. The highest BCUT2D eigenvalue weighted by Gasteiger charge is 2.25. The van der Waals surface area contributed by atoms with Crippen LogP contribution < -0.4 is 5.32 Å². The third-order valence-electron chi connectivity index (χ3n) is 3.22. The zero-order valence-electron chi connectivity index (χ0n) is 11.0. The maximum absolute atomic E-state index is 3.57. The van der Waals surface area contributed by atoms with Gasteiger partial charge in [-0.25, -0.2) is 0 Å². The van der Waals surface area contributed by atoms with Gasteiger partial charge in [0.2, 0.25) is 0 Å². The van der Waals surface area contributed by atoms with Crippen molar-refractivity contribution < 1.29 is 0 Å². The summed E-state index contributed by atoms with van der Waals surface area (Å²) in [6.07, 6.45) is 2.60. The molecule has 0 fully saturated rings. The van der Waals surface area contributed by atoms with Gasteiger partial charge in [0.05, 0.1) is 0 Å². The van der Waals surface area contributed by atoms with E-state index in [0.717, 1.165) is 24.9 Å². The molecule has 0 aromatic heterocycles. The highest BCUT2D eigenvalue weighted by Crippen LogP contribution is 2.31. The third-order valence-corrected chi connectivity index (χ3v) is 3.22. The van der Waals surface area contributed by atoms with Gasteiger partial charge in [0, 0.05) is 6.54 Å². The van der Waals surface area contributed by atoms with Gasteiger partial charge in [-0.3, -0.25) is 0 Å². The molecule has 0 rings (SSSR count). The van der Waals surface area contributed by atoms with Gasteiger partial charge in [-0.15, -0.1) is 0 Å². The van der Waals surface area contributed by atoms with E-state index >= 15 is 0 Å². The molecular weight excluding hydrogens is 170 g/mol. The van der Waals surface area contributed by atoms with E-state index in [0.29, 0.717) is 5.41 Å². The Morgan fingerprint density at radius 3 is 1.93 bits per heavy atom. The molecule has 0 atom stereocenters. The van der Waals surface area contributed by atoms with Crippen molar-refractivity contribution in [2.24, 2.45) is 17.3 Å². The number of hydrogen-bond donors (Lipinski definition) is 1. The first kappa shape index (κ1) is 14.0. The lowest BCUT2D eigenvalue weighted by molar-refractivity contribution is 0.190. The van der Waals surface area contributed by atoms with Gasteiger partial charge in [-0.1, -0.05) is 54.4 Å². The summed E-state index contributed by atoms with van der Waals surface area (Å²) in [6, 6.07) is 0. The molecule has 0 unspecified atom stereocenters. The topological polar surface area (TPSA) is 12.0 Å². The Morgan fingerprint density at radius 1 is 1.07 bits per heavy atom. The fraction of sp³-hybridized carbons (Fsp3) is 1.00. The lowest BCUT2D eigenvalue weighted by Gasteiger charge is -2.33. The van der Waals surface area contributed by atoms with E-state index in [1.165, 1.54) is 12.8 Å². The summed E-state index contributed by atoms with van der Waals surface area (Å²) in [4.78, 5) is 0. The van der Waals surface area contributed by atoms with Crippen LogP contribution in [0.1, 0.15) is 54.4 Å². The first-order valence-electron chi connectivity index (χ1n) is 6.14. The molecule has 0 bridgehead atoms. The van der Waals surface area contributed by atoms with Crippen molar-refractivity contribution in [3.05, 3.63) is 0 Å². The monoisotopic (exact) mass is 199 g/mol. The van der Waals surface area contributed by atoms with Crippen molar-refractivity contribution in [3.63, 3.8) is 0 Å². The van der Waals surface area contributed by atoms with E-state index in [1.54, 1.807) is 0 Å². The molecule has 0 saturated heterocycles. The van der Waals surface area contributed by atoms with Crippen molar-refractivity contribution in [3.8, 4) is 0 Å². The normalized spacial score (nSPS) is 12.9. The summed E-state index contributed by atoms with van der Waals surface area (Å²) in [5.41, 5.74) is 0.443. The molecule has 1 heteroatoms. The summed E-state index contributed by atoms with van der Waals surface area (Å²) in [5, 5.41) is 3.57. The molecule has 0 aliphatic carbocycles. The van der Waals surface area contributed by atoms with Gasteiger partial charge in [0.25, 0.3) is 0 Å². The maximum Gasteiger partial charge on any atom is 0.000528 e. The highest BCUT2D eigenvalue weighted by atomic mass is 14.9. The first-order valence-corrected chi connectivity index (χ1v) is 6.14. The zero-order chi connectivity index (χ0) is 11.2. The Morgan fingerprint density at radius 2 is 1.57 bits per heavy atom. The van der Waals surface area contributed by atoms with Crippen molar-refractivity contribution in [2.45, 2.75) is 54.4 Å². The van der Waals surface area contributed by atoms with Crippen LogP contribution in [0, 0.1) is 17.3 Å². The Bertz CT molecular complexity index is 134. The predicted molar refractivity (Wildman–Crippen MR) is 65.6 cm³/mol. The Kier molecular flexibility index (Phi) is 6.43. The largest absolute Gasteiger partial charge is 0.316 e. The molecule has 14 heavy (non-hydrogen) atoms. The SMILES string of the molecule is CCC(CC)C(C)(C)CNCC(C)C. The molecule has 0 aliphatic rings. The molecular formula is C13H29N. The summed E-state index contributed by atoms with van der Waals surface area (Å²) < 4.78 is 0. The zero-order valence-corrected chi connectivity index (χ0v) is 11.0. The lowest BCUT2D eigenvalue weighted by atomic mass is 9.76. The first-order chi connectivity index (χ1) is 6.44. The number of rotatable bonds is 7. The van der Waals surface area contributed by atoms with Crippen molar-refractivity contribution in [1.29, 1.82) is 0 Å². The van der Waals surface area contributed by atoms with E-state index in [1.807, 2.05) is 0 Å². The Labute approximate surface area is 90.7 Å².